The van der Waals surface area contributed by atoms with Gasteiger partial charge in [-0.25, -0.2) is 4.98 Å². The molecule has 0 fully saturated rings. The van der Waals surface area contributed by atoms with Gasteiger partial charge in [0.05, 0.1) is 6.61 Å². The number of hydrogen-bond donors (Lipinski definition) is 1. The van der Waals surface area contributed by atoms with Crippen LogP contribution < -0.4 is 4.74 Å². The van der Waals surface area contributed by atoms with Crippen molar-refractivity contribution in [2.75, 3.05) is 0 Å². The first kappa shape index (κ1) is 14.5. The predicted molar refractivity (Wildman–Crippen MR) is 80.2 cm³/mol. The van der Waals surface area contributed by atoms with E-state index in [-0.39, 0.29) is 6.61 Å². The van der Waals surface area contributed by atoms with Crippen molar-refractivity contribution < 1.29 is 9.84 Å². The first-order chi connectivity index (χ1) is 9.51. The van der Waals surface area contributed by atoms with Gasteiger partial charge in [-0.3, -0.25) is 0 Å². The number of pyridine rings is 1. The number of benzene rings is 1. The summed E-state index contributed by atoms with van der Waals surface area (Å²) >= 11 is 0. The molecule has 1 aromatic carbocycles. The average molecular weight is 271 g/mol. The lowest BCUT2D eigenvalue weighted by molar-refractivity contribution is 0.274. The van der Waals surface area contributed by atoms with Crippen LogP contribution in [0.3, 0.4) is 0 Å². The van der Waals surface area contributed by atoms with Crippen LogP contribution in [0.1, 0.15) is 42.1 Å². The Morgan fingerprint density at radius 3 is 2.60 bits per heavy atom. The highest BCUT2D eigenvalue weighted by Gasteiger charge is 2.11. The van der Waals surface area contributed by atoms with Crippen LogP contribution in [0.15, 0.2) is 30.3 Å². The summed E-state index contributed by atoms with van der Waals surface area (Å²) in [5.41, 5.74) is 3.84. The van der Waals surface area contributed by atoms with Crippen molar-refractivity contribution in [3.05, 3.63) is 52.7 Å². The zero-order valence-electron chi connectivity index (χ0n) is 12.5. The summed E-state index contributed by atoms with van der Waals surface area (Å²) in [6, 6.07) is 9.94. The first-order valence-corrected chi connectivity index (χ1v) is 6.87. The fourth-order valence-electron chi connectivity index (χ4n) is 2.15. The number of nitrogens with zero attached hydrogens (tertiary/aromatic N) is 1. The molecule has 0 spiro atoms. The van der Waals surface area contributed by atoms with E-state index in [0.29, 0.717) is 11.8 Å². The first-order valence-electron chi connectivity index (χ1n) is 6.87. The van der Waals surface area contributed by atoms with Crippen LogP contribution in [0.5, 0.6) is 11.6 Å². The van der Waals surface area contributed by atoms with Gasteiger partial charge in [-0.2, -0.15) is 0 Å². The van der Waals surface area contributed by atoms with Crippen molar-refractivity contribution in [3.8, 4) is 11.6 Å². The molecule has 0 unspecified atom stereocenters. The molecule has 0 aliphatic rings. The molecule has 0 atom stereocenters. The number of aliphatic hydroxyl groups is 1. The second-order valence-corrected chi connectivity index (χ2v) is 5.35. The molecule has 0 radical (unpaired) electrons. The Morgan fingerprint density at radius 2 is 1.95 bits per heavy atom. The maximum absolute atomic E-state index is 9.49. The lowest BCUT2D eigenvalue weighted by Crippen LogP contribution is -2.00. The molecule has 1 N–H and O–H groups in total. The molecule has 3 heteroatoms. The predicted octanol–water partition coefficient (Wildman–Crippen LogP) is 4.11. The molecular formula is C17H21NO2. The SMILES string of the molecule is Cc1cc(C)c(CO)c(Oc2cccc(C(C)C)c2)n1. The second-order valence-electron chi connectivity index (χ2n) is 5.35. The minimum Gasteiger partial charge on any atom is -0.439 e. The number of aliphatic hydroxyl groups excluding tert-OH is 1. The Labute approximate surface area is 120 Å². The highest BCUT2D eigenvalue weighted by molar-refractivity contribution is 5.39. The summed E-state index contributed by atoms with van der Waals surface area (Å²) in [6.45, 7) is 8.10. The fraction of sp³-hybridized carbons (Fsp3) is 0.353. The lowest BCUT2D eigenvalue weighted by atomic mass is 10.0. The Morgan fingerprint density at radius 1 is 1.20 bits per heavy atom. The summed E-state index contributed by atoms with van der Waals surface area (Å²) in [7, 11) is 0. The van der Waals surface area contributed by atoms with Crippen LogP contribution in [-0.4, -0.2) is 10.1 Å². The molecule has 0 bridgehead atoms. The van der Waals surface area contributed by atoms with E-state index < -0.39 is 0 Å². The zero-order chi connectivity index (χ0) is 14.7. The molecule has 3 nitrogen and oxygen atoms in total. The van der Waals surface area contributed by atoms with E-state index >= 15 is 0 Å². The zero-order valence-corrected chi connectivity index (χ0v) is 12.5. The van der Waals surface area contributed by atoms with Gasteiger partial charge in [-0.05, 0) is 49.1 Å². The Bertz CT molecular complexity index is 606. The number of aryl methyl sites for hydroxylation is 2. The van der Waals surface area contributed by atoms with E-state index in [0.717, 1.165) is 22.6 Å². The minimum atomic E-state index is -0.0711. The fourth-order valence-corrected chi connectivity index (χ4v) is 2.15. The normalized spacial score (nSPS) is 10.9. The van der Waals surface area contributed by atoms with Crippen LogP contribution in [0.4, 0.5) is 0 Å². The van der Waals surface area contributed by atoms with Gasteiger partial charge in [-0.15, -0.1) is 0 Å². The van der Waals surface area contributed by atoms with E-state index in [4.69, 9.17) is 4.74 Å². The van der Waals surface area contributed by atoms with Crippen LogP contribution in [0.25, 0.3) is 0 Å². The molecule has 2 rings (SSSR count). The van der Waals surface area contributed by atoms with Crippen LogP contribution in [0, 0.1) is 13.8 Å². The number of rotatable bonds is 4. The molecule has 20 heavy (non-hydrogen) atoms. The summed E-state index contributed by atoms with van der Waals surface area (Å²) in [5, 5.41) is 9.49. The van der Waals surface area contributed by atoms with E-state index in [1.54, 1.807) is 0 Å². The second kappa shape index (κ2) is 6.06. The Hall–Kier alpha value is -1.87. The summed E-state index contributed by atoms with van der Waals surface area (Å²) in [6.07, 6.45) is 0. The summed E-state index contributed by atoms with van der Waals surface area (Å²) < 4.78 is 5.88. The molecule has 1 aromatic heterocycles. The molecule has 0 aliphatic heterocycles. The van der Waals surface area contributed by atoms with Crippen LogP contribution >= 0.6 is 0 Å². The maximum Gasteiger partial charge on any atom is 0.225 e. The van der Waals surface area contributed by atoms with Gasteiger partial charge in [-0.1, -0.05) is 26.0 Å². The van der Waals surface area contributed by atoms with Gasteiger partial charge in [0.15, 0.2) is 0 Å². The van der Waals surface area contributed by atoms with E-state index in [1.165, 1.54) is 5.56 Å². The molecule has 0 saturated heterocycles. The minimum absolute atomic E-state index is 0.0711. The quantitative estimate of drug-likeness (QED) is 0.910. The van der Waals surface area contributed by atoms with Gasteiger partial charge in [0.2, 0.25) is 5.88 Å². The third kappa shape index (κ3) is 3.17. The van der Waals surface area contributed by atoms with Gasteiger partial charge in [0, 0.05) is 11.3 Å². The van der Waals surface area contributed by atoms with Crippen molar-refractivity contribution in [3.63, 3.8) is 0 Å². The molecule has 1 heterocycles. The van der Waals surface area contributed by atoms with Crippen molar-refractivity contribution in [1.82, 2.24) is 4.98 Å². The van der Waals surface area contributed by atoms with Gasteiger partial charge in [0.25, 0.3) is 0 Å². The molecule has 0 aliphatic carbocycles. The third-order valence-corrected chi connectivity index (χ3v) is 3.33. The smallest absolute Gasteiger partial charge is 0.225 e. The number of hydrogen-bond acceptors (Lipinski definition) is 3. The Kier molecular flexibility index (Phi) is 4.40. The Balaban J connectivity index is 2.37. The maximum atomic E-state index is 9.49. The van der Waals surface area contributed by atoms with E-state index in [2.05, 4.69) is 24.9 Å². The van der Waals surface area contributed by atoms with Crippen LogP contribution in [-0.2, 0) is 6.61 Å². The topological polar surface area (TPSA) is 42.4 Å². The highest BCUT2D eigenvalue weighted by Crippen LogP contribution is 2.28. The van der Waals surface area contributed by atoms with E-state index in [9.17, 15) is 5.11 Å². The molecule has 2 aromatic rings. The number of ether oxygens (including phenoxy) is 1. The third-order valence-electron chi connectivity index (χ3n) is 3.33. The van der Waals surface area contributed by atoms with Crippen molar-refractivity contribution in [2.45, 2.75) is 40.2 Å². The largest absolute Gasteiger partial charge is 0.439 e. The monoisotopic (exact) mass is 271 g/mol. The highest BCUT2D eigenvalue weighted by atomic mass is 16.5. The summed E-state index contributed by atoms with van der Waals surface area (Å²) in [4.78, 5) is 4.39. The van der Waals surface area contributed by atoms with Crippen molar-refractivity contribution in [1.29, 1.82) is 0 Å². The lowest BCUT2D eigenvalue weighted by Gasteiger charge is -2.13. The molecule has 106 valence electrons. The molecular weight excluding hydrogens is 250 g/mol. The van der Waals surface area contributed by atoms with Crippen LogP contribution in [0.2, 0.25) is 0 Å². The molecule has 0 amide bonds. The summed E-state index contributed by atoms with van der Waals surface area (Å²) in [5.74, 6) is 1.69. The van der Waals surface area contributed by atoms with Gasteiger partial charge >= 0.3 is 0 Å². The van der Waals surface area contributed by atoms with E-state index in [1.807, 2.05) is 38.1 Å². The average Bonchev–Trinajstić information content (AvgIpc) is 2.38. The standard InChI is InChI=1S/C17H21NO2/c1-11(2)14-6-5-7-15(9-14)20-17-16(10-19)12(3)8-13(4)18-17/h5-9,11,19H,10H2,1-4H3. The van der Waals surface area contributed by atoms with Gasteiger partial charge < -0.3 is 9.84 Å². The van der Waals surface area contributed by atoms with Gasteiger partial charge in [0.1, 0.15) is 5.75 Å². The van der Waals surface area contributed by atoms with Crippen molar-refractivity contribution in [2.24, 2.45) is 0 Å². The number of aromatic nitrogens is 1. The molecule has 0 saturated carbocycles. The van der Waals surface area contributed by atoms with Crippen molar-refractivity contribution >= 4 is 0 Å².